The van der Waals surface area contributed by atoms with Crippen LogP contribution in [0.5, 0.6) is 11.5 Å². The maximum absolute atomic E-state index is 6.04. The van der Waals surface area contributed by atoms with Crippen LogP contribution in [-0.2, 0) is 0 Å². The number of anilines is 2. The zero-order valence-electron chi connectivity index (χ0n) is 12.5. The molecule has 0 fully saturated rings. The number of hydrogen-bond acceptors (Lipinski definition) is 6. The number of nitrogens with zero attached hydrogens (tertiary/aromatic N) is 2. The van der Waals surface area contributed by atoms with Crippen LogP contribution in [0.15, 0.2) is 36.1 Å². The second-order valence-corrected chi connectivity index (χ2v) is 5.38. The van der Waals surface area contributed by atoms with Crippen molar-refractivity contribution in [1.29, 1.82) is 0 Å². The van der Waals surface area contributed by atoms with Gasteiger partial charge < -0.3 is 20.9 Å². The zero-order chi connectivity index (χ0) is 15.8. The summed E-state index contributed by atoms with van der Waals surface area (Å²) in [5, 5.41) is 0.666. The maximum atomic E-state index is 6.04. The number of allylic oxidation sites excluding steroid dienone is 3. The largest absolute Gasteiger partial charge is 0.488 e. The summed E-state index contributed by atoms with van der Waals surface area (Å²) in [5.41, 5.74) is 13.2. The normalized spacial score (nSPS) is 15.9. The Bertz CT molecular complexity index is 884. The van der Waals surface area contributed by atoms with Crippen molar-refractivity contribution in [2.75, 3.05) is 18.1 Å². The molecule has 116 valence electrons. The quantitative estimate of drug-likeness (QED) is 0.885. The Morgan fingerprint density at radius 1 is 1.09 bits per heavy atom. The van der Waals surface area contributed by atoms with E-state index in [4.69, 9.17) is 20.9 Å². The summed E-state index contributed by atoms with van der Waals surface area (Å²) in [6.45, 7) is 0.470. The SMILES string of the molecule is Nc1nc(N)c2c3c(c(OC4=CCCC=C4)cc2n1)C=CCO3. The number of hydrogen-bond donors (Lipinski definition) is 2. The molecule has 2 aliphatic rings. The molecule has 0 saturated heterocycles. The summed E-state index contributed by atoms with van der Waals surface area (Å²) in [6, 6.07) is 1.82. The van der Waals surface area contributed by atoms with E-state index in [2.05, 4.69) is 22.1 Å². The van der Waals surface area contributed by atoms with E-state index in [-0.39, 0.29) is 5.95 Å². The Morgan fingerprint density at radius 3 is 2.83 bits per heavy atom. The highest BCUT2D eigenvalue weighted by Gasteiger charge is 2.21. The molecule has 0 amide bonds. The van der Waals surface area contributed by atoms with Gasteiger partial charge in [0.05, 0.1) is 16.5 Å². The average molecular weight is 308 g/mol. The molecule has 6 heteroatoms. The van der Waals surface area contributed by atoms with Gasteiger partial charge >= 0.3 is 0 Å². The Kier molecular flexibility index (Phi) is 3.15. The Labute approximate surface area is 133 Å². The van der Waals surface area contributed by atoms with Crippen molar-refractivity contribution in [3.63, 3.8) is 0 Å². The topological polar surface area (TPSA) is 96.3 Å². The fourth-order valence-corrected chi connectivity index (χ4v) is 2.78. The van der Waals surface area contributed by atoms with Crippen molar-refractivity contribution < 1.29 is 9.47 Å². The van der Waals surface area contributed by atoms with Gasteiger partial charge in [0.15, 0.2) is 0 Å². The number of rotatable bonds is 2. The first-order valence-electron chi connectivity index (χ1n) is 7.46. The van der Waals surface area contributed by atoms with Crippen molar-refractivity contribution >= 4 is 28.7 Å². The highest BCUT2D eigenvalue weighted by Crippen LogP contribution is 2.42. The van der Waals surface area contributed by atoms with Crippen LogP contribution in [0.1, 0.15) is 18.4 Å². The van der Waals surface area contributed by atoms with Gasteiger partial charge in [0.2, 0.25) is 5.95 Å². The van der Waals surface area contributed by atoms with Gasteiger partial charge in [-0.3, -0.25) is 0 Å². The average Bonchev–Trinajstić information content (AvgIpc) is 2.55. The summed E-state index contributed by atoms with van der Waals surface area (Å²) in [7, 11) is 0. The first-order valence-corrected chi connectivity index (χ1v) is 7.46. The first-order chi connectivity index (χ1) is 11.2. The first kappa shape index (κ1) is 13.6. The second-order valence-electron chi connectivity index (χ2n) is 5.38. The van der Waals surface area contributed by atoms with Gasteiger partial charge in [-0.15, -0.1) is 0 Å². The second kappa shape index (κ2) is 5.31. The van der Waals surface area contributed by atoms with Gasteiger partial charge in [0.1, 0.15) is 29.7 Å². The lowest BCUT2D eigenvalue weighted by Crippen LogP contribution is -2.08. The molecular weight excluding hydrogens is 292 g/mol. The van der Waals surface area contributed by atoms with E-state index in [1.165, 1.54) is 0 Å². The maximum Gasteiger partial charge on any atom is 0.222 e. The van der Waals surface area contributed by atoms with Crippen LogP contribution in [0, 0.1) is 0 Å². The Hall–Kier alpha value is -3.02. The van der Waals surface area contributed by atoms with Gasteiger partial charge in [-0.1, -0.05) is 6.08 Å². The molecule has 1 aromatic heterocycles. The van der Waals surface area contributed by atoms with Gasteiger partial charge in [-0.05, 0) is 37.1 Å². The number of nitrogens with two attached hydrogens (primary N) is 2. The molecule has 1 aliphatic heterocycles. The third-order valence-electron chi connectivity index (χ3n) is 3.78. The highest BCUT2D eigenvalue weighted by atomic mass is 16.5. The molecule has 0 saturated carbocycles. The van der Waals surface area contributed by atoms with Gasteiger partial charge in [0.25, 0.3) is 0 Å². The minimum absolute atomic E-state index is 0.129. The highest BCUT2D eigenvalue weighted by molar-refractivity contribution is 5.99. The number of benzene rings is 1. The number of aromatic nitrogens is 2. The van der Waals surface area contributed by atoms with Crippen molar-refractivity contribution in [3.8, 4) is 11.5 Å². The van der Waals surface area contributed by atoms with Crippen LogP contribution < -0.4 is 20.9 Å². The van der Waals surface area contributed by atoms with Crippen LogP contribution >= 0.6 is 0 Å². The summed E-state index contributed by atoms with van der Waals surface area (Å²) in [5.74, 6) is 2.55. The predicted octanol–water partition coefficient (Wildman–Crippen LogP) is 2.81. The summed E-state index contributed by atoms with van der Waals surface area (Å²) < 4.78 is 11.8. The molecule has 2 heterocycles. The van der Waals surface area contributed by atoms with Gasteiger partial charge in [-0.25, -0.2) is 4.98 Å². The molecule has 23 heavy (non-hydrogen) atoms. The Balaban J connectivity index is 1.92. The Morgan fingerprint density at radius 2 is 2.00 bits per heavy atom. The van der Waals surface area contributed by atoms with Crippen LogP contribution in [0.25, 0.3) is 17.0 Å². The van der Waals surface area contributed by atoms with E-state index >= 15 is 0 Å². The molecule has 0 atom stereocenters. The van der Waals surface area contributed by atoms with Crippen LogP contribution in [0.4, 0.5) is 11.8 Å². The van der Waals surface area contributed by atoms with E-state index in [1.54, 1.807) is 0 Å². The molecular formula is C17H16N4O2. The standard InChI is InChI=1S/C17H16N4O2/c18-16-14-12(20-17(19)21-16)9-13(11-7-4-8-22-15(11)14)23-10-5-2-1-3-6-10/h2,4-7,9H,1,3,8H2,(H4,18,19,20,21). The number of fused-ring (bicyclic) bond motifs is 3. The molecule has 6 nitrogen and oxygen atoms in total. The fourth-order valence-electron chi connectivity index (χ4n) is 2.78. The van der Waals surface area contributed by atoms with Gasteiger partial charge in [0, 0.05) is 6.07 Å². The molecule has 0 spiro atoms. The minimum Gasteiger partial charge on any atom is -0.488 e. The van der Waals surface area contributed by atoms with Gasteiger partial charge in [-0.2, -0.15) is 4.98 Å². The van der Waals surface area contributed by atoms with Crippen LogP contribution in [0.3, 0.4) is 0 Å². The van der Waals surface area contributed by atoms with Crippen LogP contribution in [0.2, 0.25) is 0 Å². The molecule has 0 unspecified atom stereocenters. The lowest BCUT2D eigenvalue weighted by Gasteiger charge is -2.20. The summed E-state index contributed by atoms with van der Waals surface area (Å²) in [4.78, 5) is 8.30. The van der Waals surface area contributed by atoms with Crippen molar-refractivity contribution in [3.05, 3.63) is 41.7 Å². The third-order valence-corrected chi connectivity index (χ3v) is 3.78. The summed E-state index contributed by atoms with van der Waals surface area (Å²) in [6.07, 6.45) is 12.0. The molecule has 0 radical (unpaired) electrons. The predicted molar refractivity (Wildman–Crippen MR) is 90.0 cm³/mol. The van der Waals surface area contributed by atoms with E-state index < -0.39 is 0 Å². The molecule has 2 aromatic rings. The molecule has 4 N–H and O–H groups in total. The monoisotopic (exact) mass is 308 g/mol. The fraction of sp³-hybridized carbons (Fsp3) is 0.176. The van der Waals surface area contributed by atoms with E-state index in [1.807, 2.05) is 24.3 Å². The number of nitrogen functional groups attached to an aromatic ring is 2. The minimum atomic E-state index is 0.129. The van der Waals surface area contributed by atoms with E-state index in [0.29, 0.717) is 34.8 Å². The number of ether oxygens (including phenoxy) is 2. The molecule has 4 rings (SSSR count). The smallest absolute Gasteiger partial charge is 0.222 e. The lowest BCUT2D eigenvalue weighted by atomic mass is 10.1. The lowest BCUT2D eigenvalue weighted by molar-refractivity contribution is 0.358. The van der Waals surface area contributed by atoms with Crippen molar-refractivity contribution in [1.82, 2.24) is 9.97 Å². The molecule has 1 aromatic carbocycles. The van der Waals surface area contributed by atoms with E-state index in [0.717, 1.165) is 24.2 Å². The molecule has 0 bridgehead atoms. The van der Waals surface area contributed by atoms with E-state index in [9.17, 15) is 0 Å². The van der Waals surface area contributed by atoms with Crippen molar-refractivity contribution in [2.24, 2.45) is 0 Å². The summed E-state index contributed by atoms with van der Waals surface area (Å²) >= 11 is 0. The van der Waals surface area contributed by atoms with Crippen molar-refractivity contribution in [2.45, 2.75) is 12.8 Å². The zero-order valence-corrected chi connectivity index (χ0v) is 12.5. The molecule has 1 aliphatic carbocycles. The third kappa shape index (κ3) is 2.38. The van der Waals surface area contributed by atoms with Crippen LogP contribution in [-0.4, -0.2) is 16.6 Å².